The molecule has 10 heteroatoms. The summed E-state index contributed by atoms with van der Waals surface area (Å²) in [5, 5.41) is 3.26. The Labute approximate surface area is 171 Å². The molecular formula is C19H30F2N4O3S. The third-order valence-electron chi connectivity index (χ3n) is 4.81. The fourth-order valence-corrected chi connectivity index (χ4v) is 4.11. The van der Waals surface area contributed by atoms with Crippen LogP contribution in [0.5, 0.6) is 5.75 Å². The van der Waals surface area contributed by atoms with E-state index in [0.29, 0.717) is 32.1 Å². The second-order valence-electron chi connectivity index (χ2n) is 7.18. The topological polar surface area (TPSA) is 74.2 Å². The second-order valence-corrected chi connectivity index (χ2v) is 9.16. The third-order valence-corrected chi connectivity index (χ3v) is 6.11. The number of aliphatic imine (C=N–C) groups is 1. The predicted octanol–water partition coefficient (Wildman–Crippen LogP) is 2.36. The Bertz CT molecular complexity index is 764. The van der Waals surface area contributed by atoms with Crippen LogP contribution in [0.4, 0.5) is 8.78 Å². The number of hydrogen-bond donors (Lipinski definition) is 1. The maximum absolute atomic E-state index is 12.3. The Hall–Kier alpha value is -1.94. The van der Waals surface area contributed by atoms with Crippen molar-refractivity contribution in [1.82, 2.24) is 14.5 Å². The summed E-state index contributed by atoms with van der Waals surface area (Å²) in [4.78, 5) is 6.69. The molecule has 0 unspecified atom stereocenters. The van der Waals surface area contributed by atoms with Crippen LogP contribution in [0.2, 0.25) is 0 Å². The van der Waals surface area contributed by atoms with Crippen LogP contribution in [-0.4, -0.2) is 69.7 Å². The van der Waals surface area contributed by atoms with E-state index in [2.05, 4.69) is 10.1 Å². The van der Waals surface area contributed by atoms with Gasteiger partial charge < -0.3 is 15.0 Å². The molecule has 1 aromatic rings. The van der Waals surface area contributed by atoms with Gasteiger partial charge in [-0.25, -0.2) is 12.7 Å². The number of halogens is 2. The number of hydrogen-bond acceptors (Lipinski definition) is 4. The van der Waals surface area contributed by atoms with E-state index in [1.807, 2.05) is 18.9 Å². The first-order valence-corrected chi connectivity index (χ1v) is 11.5. The molecule has 1 aromatic carbocycles. The summed E-state index contributed by atoms with van der Waals surface area (Å²) in [7, 11) is -1.21. The van der Waals surface area contributed by atoms with Crippen molar-refractivity contribution in [2.24, 2.45) is 10.9 Å². The van der Waals surface area contributed by atoms with Crippen LogP contribution in [0.3, 0.4) is 0 Å². The van der Waals surface area contributed by atoms with Crippen LogP contribution in [0.1, 0.15) is 25.3 Å². The second kappa shape index (κ2) is 10.7. The molecule has 0 aromatic heterocycles. The van der Waals surface area contributed by atoms with Crippen LogP contribution in [-0.2, 0) is 16.6 Å². The largest absolute Gasteiger partial charge is 0.435 e. The molecule has 29 heavy (non-hydrogen) atoms. The number of nitrogens with zero attached hydrogens (tertiary/aromatic N) is 3. The first kappa shape index (κ1) is 23.3. The molecule has 1 saturated heterocycles. The number of ether oxygens (including phenoxy) is 1. The number of sulfonamides is 1. The van der Waals surface area contributed by atoms with E-state index >= 15 is 0 Å². The van der Waals surface area contributed by atoms with Gasteiger partial charge in [0, 0.05) is 39.8 Å². The Balaban J connectivity index is 1.92. The van der Waals surface area contributed by atoms with E-state index in [9.17, 15) is 17.2 Å². The van der Waals surface area contributed by atoms with Crippen molar-refractivity contribution in [3.05, 3.63) is 29.8 Å². The highest BCUT2D eigenvalue weighted by Crippen LogP contribution is 2.20. The summed E-state index contributed by atoms with van der Waals surface area (Å²) >= 11 is 0. The van der Waals surface area contributed by atoms with Gasteiger partial charge in [0.2, 0.25) is 10.0 Å². The van der Waals surface area contributed by atoms with Gasteiger partial charge in [-0.15, -0.1) is 0 Å². The van der Waals surface area contributed by atoms with Crippen molar-refractivity contribution in [2.75, 3.05) is 39.5 Å². The first-order chi connectivity index (χ1) is 13.7. The van der Waals surface area contributed by atoms with E-state index in [1.165, 1.54) is 22.7 Å². The lowest BCUT2D eigenvalue weighted by Crippen LogP contribution is -2.40. The van der Waals surface area contributed by atoms with Crippen LogP contribution >= 0.6 is 0 Å². The molecule has 0 bridgehead atoms. The van der Waals surface area contributed by atoms with Crippen LogP contribution in [0.15, 0.2) is 29.3 Å². The molecular weight excluding hydrogens is 402 g/mol. The highest BCUT2D eigenvalue weighted by molar-refractivity contribution is 7.88. The van der Waals surface area contributed by atoms with Crippen LogP contribution < -0.4 is 10.1 Å². The maximum Gasteiger partial charge on any atom is 0.387 e. The van der Waals surface area contributed by atoms with E-state index in [-0.39, 0.29) is 5.75 Å². The standard InChI is InChI=1S/C19H30F2N4O3S/c1-4-22-19(23-13-15-9-11-25(12-10-15)29(3,26)27)24(2)14-16-5-7-17(8-6-16)28-18(20)21/h5-8,15,18H,4,9-14H2,1-3H3,(H,22,23). The summed E-state index contributed by atoms with van der Waals surface area (Å²) in [6.45, 7) is 2.15. The molecule has 0 aliphatic carbocycles. The Morgan fingerprint density at radius 3 is 2.45 bits per heavy atom. The minimum Gasteiger partial charge on any atom is -0.435 e. The molecule has 0 amide bonds. The fraction of sp³-hybridized carbons (Fsp3) is 0.632. The maximum atomic E-state index is 12.3. The number of alkyl halides is 2. The number of benzene rings is 1. The van der Waals surface area contributed by atoms with E-state index in [4.69, 9.17) is 4.99 Å². The van der Waals surface area contributed by atoms with Gasteiger partial charge in [-0.3, -0.25) is 4.99 Å². The van der Waals surface area contributed by atoms with E-state index < -0.39 is 16.6 Å². The van der Waals surface area contributed by atoms with Gasteiger partial charge in [0.25, 0.3) is 0 Å². The van der Waals surface area contributed by atoms with Crippen molar-refractivity contribution in [3.63, 3.8) is 0 Å². The molecule has 0 saturated carbocycles. The summed E-state index contributed by atoms with van der Waals surface area (Å²) in [6.07, 6.45) is 2.84. The lowest BCUT2D eigenvalue weighted by atomic mass is 9.98. The fourth-order valence-electron chi connectivity index (χ4n) is 3.23. The third kappa shape index (κ3) is 7.77. The summed E-state index contributed by atoms with van der Waals surface area (Å²) in [5.74, 6) is 1.24. The molecule has 1 fully saturated rings. The molecule has 2 rings (SSSR count). The SMILES string of the molecule is CCNC(=NCC1CCN(S(C)(=O)=O)CC1)N(C)Cc1ccc(OC(F)F)cc1. The Morgan fingerprint density at radius 1 is 1.31 bits per heavy atom. The molecule has 164 valence electrons. The van der Waals surface area contributed by atoms with Gasteiger partial charge in [0.05, 0.1) is 6.26 Å². The molecule has 0 radical (unpaired) electrons. The zero-order chi connectivity index (χ0) is 21.4. The lowest BCUT2D eigenvalue weighted by molar-refractivity contribution is -0.0498. The molecule has 7 nitrogen and oxygen atoms in total. The summed E-state index contributed by atoms with van der Waals surface area (Å²) in [5.41, 5.74) is 0.946. The minimum atomic E-state index is -3.12. The molecule has 1 aliphatic rings. The highest BCUT2D eigenvalue weighted by atomic mass is 32.2. The first-order valence-electron chi connectivity index (χ1n) is 9.67. The quantitative estimate of drug-likeness (QED) is 0.504. The Morgan fingerprint density at radius 2 is 1.93 bits per heavy atom. The van der Waals surface area contributed by atoms with Crippen molar-refractivity contribution in [3.8, 4) is 5.75 Å². The molecule has 1 heterocycles. The van der Waals surface area contributed by atoms with Gasteiger partial charge in [0.15, 0.2) is 5.96 Å². The molecule has 1 N–H and O–H groups in total. The van der Waals surface area contributed by atoms with Gasteiger partial charge >= 0.3 is 6.61 Å². The van der Waals surface area contributed by atoms with E-state index in [0.717, 1.165) is 30.9 Å². The zero-order valence-corrected chi connectivity index (χ0v) is 18.0. The molecule has 1 aliphatic heterocycles. The van der Waals surface area contributed by atoms with Crippen molar-refractivity contribution in [1.29, 1.82) is 0 Å². The zero-order valence-electron chi connectivity index (χ0n) is 17.1. The highest BCUT2D eigenvalue weighted by Gasteiger charge is 2.24. The van der Waals surface area contributed by atoms with Gasteiger partial charge in [-0.2, -0.15) is 8.78 Å². The average Bonchev–Trinajstić information content (AvgIpc) is 2.66. The average molecular weight is 433 g/mol. The molecule has 0 atom stereocenters. The lowest BCUT2D eigenvalue weighted by Gasteiger charge is -2.30. The number of guanidine groups is 1. The minimum absolute atomic E-state index is 0.132. The van der Waals surface area contributed by atoms with Crippen molar-refractivity contribution >= 4 is 16.0 Å². The number of piperidine rings is 1. The molecule has 0 spiro atoms. The monoisotopic (exact) mass is 432 g/mol. The summed E-state index contributed by atoms with van der Waals surface area (Å²) in [6, 6.07) is 6.54. The van der Waals surface area contributed by atoms with Gasteiger partial charge in [-0.1, -0.05) is 12.1 Å². The van der Waals surface area contributed by atoms with Crippen molar-refractivity contribution in [2.45, 2.75) is 32.9 Å². The van der Waals surface area contributed by atoms with Crippen LogP contribution in [0.25, 0.3) is 0 Å². The number of nitrogens with one attached hydrogen (secondary N) is 1. The van der Waals surface area contributed by atoms with Crippen LogP contribution in [0, 0.1) is 5.92 Å². The van der Waals surface area contributed by atoms with Gasteiger partial charge in [-0.05, 0) is 43.4 Å². The van der Waals surface area contributed by atoms with Crippen molar-refractivity contribution < 1.29 is 21.9 Å². The predicted molar refractivity (Wildman–Crippen MR) is 110 cm³/mol. The summed E-state index contributed by atoms with van der Waals surface area (Å²) < 4.78 is 53.6. The normalized spacial score (nSPS) is 16.8. The van der Waals surface area contributed by atoms with E-state index in [1.54, 1.807) is 12.1 Å². The smallest absolute Gasteiger partial charge is 0.387 e. The Kier molecular flexibility index (Phi) is 8.63. The van der Waals surface area contributed by atoms with Gasteiger partial charge in [0.1, 0.15) is 5.75 Å². The number of rotatable bonds is 8.